The number of nitrogen functional groups attached to an aromatic ring is 1. The fourth-order valence-electron chi connectivity index (χ4n) is 1.93. The lowest BCUT2D eigenvalue weighted by Crippen LogP contribution is -2.23. The van der Waals surface area contributed by atoms with E-state index in [-0.39, 0.29) is 5.84 Å². The van der Waals surface area contributed by atoms with Crippen LogP contribution in [0.5, 0.6) is 0 Å². The summed E-state index contributed by atoms with van der Waals surface area (Å²) in [6.07, 6.45) is 5.01. The topological polar surface area (TPSA) is 53.1 Å². The monoisotopic (exact) mass is 233 g/mol. The van der Waals surface area contributed by atoms with Gasteiger partial charge in [0.05, 0.1) is 0 Å². The normalized spacial score (nSPS) is 10.2. The molecule has 0 saturated heterocycles. The molecule has 0 bridgehead atoms. The molecule has 0 fully saturated rings. The Balaban J connectivity index is 2.62. The van der Waals surface area contributed by atoms with Crippen LogP contribution in [-0.2, 0) is 0 Å². The Bertz CT molecular complexity index is 360. The third-order valence-corrected chi connectivity index (χ3v) is 2.95. The van der Waals surface area contributed by atoms with Crippen molar-refractivity contribution in [2.24, 2.45) is 5.73 Å². The van der Waals surface area contributed by atoms with E-state index >= 15 is 0 Å². The zero-order chi connectivity index (χ0) is 12.7. The smallest absolute Gasteiger partial charge is 0.124 e. The van der Waals surface area contributed by atoms with Crippen molar-refractivity contribution in [2.75, 3.05) is 18.5 Å². The Kier molecular flexibility index (Phi) is 5.53. The van der Waals surface area contributed by atoms with Gasteiger partial charge in [-0.3, -0.25) is 5.41 Å². The van der Waals surface area contributed by atoms with Crippen LogP contribution in [-0.4, -0.2) is 19.4 Å². The quantitative estimate of drug-likeness (QED) is 0.432. The molecular formula is C14H23N3. The molecule has 0 saturated carbocycles. The molecule has 1 rings (SSSR count). The number of benzene rings is 1. The second kappa shape index (κ2) is 6.94. The van der Waals surface area contributed by atoms with E-state index in [1.807, 2.05) is 24.3 Å². The molecule has 0 heterocycles. The summed E-state index contributed by atoms with van der Waals surface area (Å²) in [5, 5.41) is 7.56. The Morgan fingerprint density at radius 3 is 2.59 bits per heavy atom. The maximum Gasteiger partial charge on any atom is 0.124 e. The number of nitrogens with two attached hydrogens (primary N) is 1. The molecule has 1 aromatic carbocycles. The number of hydrogen-bond acceptors (Lipinski definition) is 2. The highest BCUT2D eigenvalue weighted by atomic mass is 15.1. The van der Waals surface area contributed by atoms with E-state index in [2.05, 4.69) is 18.9 Å². The fourth-order valence-corrected chi connectivity index (χ4v) is 1.93. The molecule has 0 aliphatic carbocycles. The summed E-state index contributed by atoms with van der Waals surface area (Å²) in [5.41, 5.74) is 7.46. The first kappa shape index (κ1) is 13.6. The second-order valence-electron chi connectivity index (χ2n) is 4.41. The van der Waals surface area contributed by atoms with Crippen LogP contribution in [0.1, 0.15) is 38.2 Å². The summed E-state index contributed by atoms with van der Waals surface area (Å²) in [6, 6.07) is 7.84. The van der Waals surface area contributed by atoms with Crippen molar-refractivity contribution < 1.29 is 0 Å². The summed E-state index contributed by atoms with van der Waals surface area (Å²) in [5.74, 6) is 0.140. The van der Waals surface area contributed by atoms with Crippen molar-refractivity contribution in [3.8, 4) is 0 Å². The minimum atomic E-state index is 0.140. The average molecular weight is 233 g/mol. The summed E-state index contributed by atoms with van der Waals surface area (Å²) < 4.78 is 0. The largest absolute Gasteiger partial charge is 0.384 e. The Hall–Kier alpha value is -1.51. The minimum Gasteiger partial charge on any atom is -0.384 e. The highest BCUT2D eigenvalue weighted by Gasteiger charge is 2.08. The van der Waals surface area contributed by atoms with E-state index in [4.69, 9.17) is 11.1 Å². The molecule has 3 heteroatoms. The van der Waals surface area contributed by atoms with Crippen LogP contribution in [0.25, 0.3) is 0 Å². The van der Waals surface area contributed by atoms with Crippen LogP contribution in [0.4, 0.5) is 5.69 Å². The number of unbranched alkanes of at least 4 members (excludes halogenated alkanes) is 3. The summed E-state index contributed by atoms with van der Waals surface area (Å²) in [4.78, 5) is 2.19. The number of nitrogens with one attached hydrogen (secondary N) is 1. The van der Waals surface area contributed by atoms with Crippen molar-refractivity contribution in [1.82, 2.24) is 0 Å². The highest BCUT2D eigenvalue weighted by Crippen LogP contribution is 2.19. The van der Waals surface area contributed by atoms with Crippen molar-refractivity contribution >= 4 is 11.5 Å². The molecule has 1 aromatic rings. The van der Waals surface area contributed by atoms with Crippen LogP contribution in [0.15, 0.2) is 24.3 Å². The van der Waals surface area contributed by atoms with Gasteiger partial charge in [0.25, 0.3) is 0 Å². The standard InChI is InChI=1S/C14H23N3/c1-3-4-5-8-11-17(2)13-10-7-6-9-12(13)14(15)16/h6-7,9-10H,3-5,8,11H2,1-2H3,(H3,15,16). The molecule has 0 unspecified atom stereocenters. The van der Waals surface area contributed by atoms with Crippen molar-refractivity contribution in [3.05, 3.63) is 29.8 Å². The van der Waals surface area contributed by atoms with Gasteiger partial charge in [0, 0.05) is 24.8 Å². The van der Waals surface area contributed by atoms with Gasteiger partial charge in [-0.1, -0.05) is 38.3 Å². The summed E-state index contributed by atoms with van der Waals surface area (Å²) in [7, 11) is 2.06. The van der Waals surface area contributed by atoms with Gasteiger partial charge < -0.3 is 10.6 Å². The third-order valence-electron chi connectivity index (χ3n) is 2.95. The zero-order valence-electron chi connectivity index (χ0n) is 10.9. The number of hydrogen-bond donors (Lipinski definition) is 2. The van der Waals surface area contributed by atoms with Crippen LogP contribution >= 0.6 is 0 Å². The molecule has 0 radical (unpaired) electrons. The molecule has 17 heavy (non-hydrogen) atoms. The van der Waals surface area contributed by atoms with Crippen LogP contribution in [0.2, 0.25) is 0 Å². The minimum absolute atomic E-state index is 0.140. The Morgan fingerprint density at radius 2 is 1.94 bits per heavy atom. The van der Waals surface area contributed by atoms with Gasteiger partial charge in [0.15, 0.2) is 0 Å². The van der Waals surface area contributed by atoms with E-state index in [0.717, 1.165) is 17.8 Å². The van der Waals surface area contributed by atoms with Gasteiger partial charge in [0.1, 0.15) is 5.84 Å². The van der Waals surface area contributed by atoms with Gasteiger partial charge in [-0.15, -0.1) is 0 Å². The first-order valence-electron chi connectivity index (χ1n) is 6.31. The molecule has 0 amide bonds. The molecular weight excluding hydrogens is 210 g/mol. The maximum absolute atomic E-state index is 7.56. The second-order valence-corrected chi connectivity index (χ2v) is 4.41. The van der Waals surface area contributed by atoms with E-state index in [9.17, 15) is 0 Å². The summed E-state index contributed by atoms with van der Waals surface area (Å²) in [6.45, 7) is 3.24. The number of para-hydroxylation sites is 1. The van der Waals surface area contributed by atoms with Crippen molar-refractivity contribution in [1.29, 1.82) is 5.41 Å². The molecule has 0 aliphatic heterocycles. The average Bonchev–Trinajstić information content (AvgIpc) is 2.34. The Labute approximate surface area is 104 Å². The van der Waals surface area contributed by atoms with Gasteiger partial charge in [-0.25, -0.2) is 0 Å². The first-order valence-corrected chi connectivity index (χ1v) is 6.31. The lowest BCUT2D eigenvalue weighted by molar-refractivity contribution is 0.661. The van der Waals surface area contributed by atoms with E-state index in [0.29, 0.717) is 0 Å². The number of anilines is 1. The molecule has 0 aliphatic rings. The number of amidine groups is 1. The fraction of sp³-hybridized carbons (Fsp3) is 0.500. The van der Waals surface area contributed by atoms with Crippen molar-refractivity contribution in [2.45, 2.75) is 32.6 Å². The molecule has 94 valence electrons. The third kappa shape index (κ3) is 4.10. The number of nitrogens with zero attached hydrogens (tertiary/aromatic N) is 1. The van der Waals surface area contributed by atoms with Gasteiger partial charge >= 0.3 is 0 Å². The van der Waals surface area contributed by atoms with E-state index in [1.54, 1.807) is 0 Å². The van der Waals surface area contributed by atoms with Gasteiger partial charge in [0.2, 0.25) is 0 Å². The van der Waals surface area contributed by atoms with Gasteiger partial charge in [-0.05, 0) is 18.6 Å². The number of rotatable bonds is 7. The van der Waals surface area contributed by atoms with Crippen LogP contribution < -0.4 is 10.6 Å². The molecule has 3 nitrogen and oxygen atoms in total. The highest BCUT2D eigenvalue weighted by molar-refractivity contribution is 6.00. The zero-order valence-corrected chi connectivity index (χ0v) is 10.9. The molecule has 0 atom stereocenters. The maximum atomic E-state index is 7.56. The Morgan fingerprint density at radius 1 is 1.24 bits per heavy atom. The van der Waals surface area contributed by atoms with Crippen LogP contribution in [0, 0.1) is 5.41 Å². The molecule has 0 spiro atoms. The van der Waals surface area contributed by atoms with E-state index < -0.39 is 0 Å². The van der Waals surface area contributed by atoms with Gasteiger partial charge in [-0.2, -0.15) is 0 Å². The first-order chi connectivity index (χ1) is 8.16. The lowest BCUT2D eigenvalue weighted by Gasteiger charge is -2.22. The predicted molar refractivity (Wildman–Crippen MR) is 74.9 cm³/mol. The predicted octanol–water partition coefficient (Wildman–Crippen LogP) is 2.99. The molecule has 3 N–H and O–H groups in total. The molecule has 0 aromatic heterocycles. The van der Waals surface area contributed by atoms with E-state index in [1.165, 1.54) is 25.7 Å². The lowest BCUT2D eigenvalue weighted by atomic mass is 10.1. The SMILES string of the molecule is CCCCCCN(C)c1ccccc1C(=N)N. The summed E-state index contributed by atoms with van der Waals surface area (Å²) >= 11 is 0. The van der Waals surface area contributed by atoms with Crippen molar-refractivity contribution in [3.63, 3.8) is 0 Å². The van der Waals surface area contributed by atoms with Crippen LogP contribution in [0.3, 0.4) is 0 Å².